The van der Waals surface area contributed by atoms with Gasteiger partial charge in [-0.05, 0) is 37.2 Å². The van der Waals surface area contributed by atoms with Crippen LogP contribution < -0.4 is 0 Å². The van der Waals surface area contributed by atoms with E-state index in [0.29, 0.717) is 12.8 Å². The monoisotopic (exact) mass is 360 g/mol. The fourth-order valence-corrected chi connectivity index (χ4v) is 6.55. The Balaban J connectivity index is 1.60. The second kappa shape index (κ2) is 5.35. The van der Waals surface area contributed by atoms with E-state index >= 15 is 0 Å². The zero-order valence-electron chi connectivity index (χ0n) is 14.8. The first-order valence-corrected chi connectivity index (χ1v) is 9.58. The molecule has 1 aromatic heterocycles. The number of furan rings is 1. The number of aliphatic hydroxyl groups excluding tert-OH is 1. The molecular weight excluding hydrogens is 336 g/mol. The van der Waals surface area contributed by atoms with E-state index in [9.17, 15) is 14.7 Å². The van der Waals surface area contributed by atoms with Crippen molar-refractivity contribution in [2.75, 3.05) is 6.61 Å². The molecule has 2 aliphatic heterocycles. The molecule has 0 radical (unpaired) electrons. The van der Waals surface area contributed by atoms with Crippen LogP contribution in [0.25, 0.3) is 0 Å². The molecule has 6 nitrogen and oxygen atoms in total. The molecule has 2 spiro atoms. The Kier molecular flexibility index (Phi) is 3.36. The average molecular weight is 360 g/mol. The van der Waals surface area contributed by atoms with Crippen molar-refractivity contribution < 1.29 is 28.6 Å². The Morgan fingerprint density at radius 3 is 2.88 bits per heavy atom. The van der Waals surface area contributed by atoms with Crippen molar-refractivity contribution >= 4 is 11.9 Å². The van der Waals surface area contributed by atoms with Crippen LogP contribution in [-0.2, 0) is 19.1 Å². The second-order valence-electron chi connectivity index (χ2n) is 8.60. The first kappa shape index (κ1) is 16.4. The molecule has 5 rings (SSSR count). The predicted octanol–water partition coefficient (Wildman–Crippen LogP) is 2.61. The van der Waals surface area contributed by atoms with Gasteiger partial charge >= 0.3 is 11.9 Å². The van der Waals surface area contributed by atoms with E-state index < -0.39 is 16.9 Å². The van der Waals surface area contributed by atoms with Crippen LogP contribution in [0.4, 0.5) is 0 Å². The molecule has 6 heteroatoms. The van der Waals surface area contributed by atoms with E-state index in [1.165, 1.54) is 0 Å². The van der Waals surface area contributed by atoms with Crippen LogP contribution in [0, 0.1) is 28.6 Å². The maximum absolute atomic E-state index is 13.2. The van der Waals surface area contributed by atoms with Gasteiger partial charge in [0.15, 0.2) is 0 Å². The number of carbonyl (C=O) groups excluding carboxylic acids is 2. The van der Waals surface area contributed by atoms with Crippen LogP contribution in [0.3, 0.4) is 0 Å². The highest BCUT2D eigenvalue weighted by Gasteiger charge is 2.72. The minimum atomic E-state index is -0.673. The third kappa shape index (κ3) is 1.81. The summed E-state index contributed by atoms with van der Waals surface area (Å²) < 4.78 is 16.4. The summed E-state index contributed by atoms with van der Waals surface area (Å²) in [4.78, 5) is 25.6. The van der Waals surface area contributed by atoms with Gasteiger partial charge in [0.1, 0.15) is 12.7 Å². The quantitative estimate of drug-likeness (QED) is 0.775. The van der Waals surface area contributed by atoms with Crippen LogP contribution in [0.15, 0.2) is 23.0 Å². The number of esters is 2. The van der Waals surface area contributed by atoms with Crippen molar-refractivity contribution in [3.05, 3.63) is 24.2 Å². The summed E-state index contributed by atoms with van der Waals surface area (Å²) in [5, 5.41) is 11.0. The third-order valence-corrected chi connectivity index (χ3v) is 7.80. The molecule has 2 saturated heterocycles. The van der Waals surface area contributed by atoms with Gasteiger partial charge in [-0.3, -0.25) is 9.59 Å². The summed E-state index contributed by atoms with van der Waals surface area (Å²) in [5.41, 5.74) is -0.450. The standard InChI is InChI=1S/C20H24O6/c1-11-7-16(21)20-10-25-17(22)13(20)3-2-4-15(20)19(11)8-14(26-18(19)23)12-5-6-24-9-12/h5-6,9,11,13-16,21H,2-4,7-8,10H2,1H3/t11-,13-,14+,15?,16+,19-,20+/m1/s1. The van der Waals surface area contributed by atoms with E-state index in [1.54, 1.807) is 12.5 Å². The Morgan fingerprint density at radius 2 is 2.12 bits per heavy atom. The molecule has 3 heterocycles. The SMILES string of the molecule is C[C@@H]1C[C@H](O)[C@@]23COC(=O)[C@H]2CCCC3[C@@]12C[C@@H](c1ccoc1)OC2=O. The minimum Gasteiger partial charge on any atom is -0.472 e. The van der Waals surface area contributed by atoms with Crippen LogP contribution in [0.1, 0.15) is 50.7 Å². The molecule has 1 aromatic rings. The molecule has 0 amide bonds. The van der Waals surface area contributed by atoms with Crippen LogP contribution in [0.5, 0.6) is 0 Å². The van der Waals surface area contributed by atoms with Crippen molar-refractivity contribution in [3.63, 3.8) is 0 Å². The van der Waals surface area contributed by atoms with Crippen LogP contribution in [-0.4, -0.2) is 29.8 Å². The zero-order valence-corrected chi connectivity index (χ0v) is 14.8. The highest BCUT2D eigenvalue weighted by molar-refractivity contribution is 5.82. The van der Waals surface area contributed by atoms with Gasteiger partial charge in [-0.1, -0.05) is 13.3 Å². The molecular formula is C20H24O6. The van der Waals surface area contributed by atoms with E-state index in [4.69, 9.17) is 13.9 Å². The summed E-state index contributed by atoms with van der Waals surface area (Å²) in [7, 11) is 0. The smallest absolute Gasteiger partial charge is 0.313 e. The fourth-order valence-electron chi connectivity index (χ4n) is 6.55. The number of hydrogen-bond acceptors (Lipinski definition) is 6. The Morgan fingerprint density at radius 1 is 1.27 bits per heavy atom. The normalized spacial score (nSPS) is 47.4. The molecule has 7 atom stereocenters. The van der Waals surface area contributed by atoms with Gasteiger partial charge in [-0.25, -0.2) is 0 Å². The zero-order chi connectivity index (χ0) is 18.1. The number of ether oxygens (including phenoxy) is 2. The molecule has 4 aliphatic rings. The van der Waals surface area contributed by atoms with Crippen LogP contribution in [0.2, 0.25) is 0 Å². The minimum absolute atomic E-state index is 0.00743. The summed E-state index contributed by atoms with van der Waals surface area (Å²) in [6.07, 6.45) is 5.77. The maximum Gasteiger partial charge on any atom is 0.313 e. The molecule has 1 N–H and O–H groups in total. The van der Waals surface area contributed by atoms with Gasteiger partial charge in [-0.2, -0.15) is 0 Å². The predicted molar refractivity (Wildman–Crippen MR) is 88.6 cm³/mol. The third-order valence-electron chi connectivity index (χ3n) is 7.80. The first-order valence-electron chi connectivity index (χ1n) is 9.58. The van der Waals surface area contributed by atoms with Crippen LogP contribution >= 0.6 is 0 Å². The lowest BCUT2D eigenvalue weighted by Gasteiger charge is -2.58. The highest BCUT2D eigenvalue weighted by atomic mass is 16.6. The lowest BCUT2D eigenvalue weighted by atomic mass is 9.43. The molecule has 0 bridgehead atoms. The van der Waals surface area contributed by atoms with E-state index in [-0.39, 0.29) is 42.4 Å². The molecule has 26 heavy (non-hydrogen) atoms. The van der Waals surface area contributed by atoms with E-state index in [0.717, 1.165) is 24.8 Å². The van der Waals surface area contributed by atoms with Gasteiger partial charge in [0.25, 0.3) is 0 Å². The van der Waals surface area contributed by atoms with Crippen molar-refractivity contribution in [3.8, 4) is 0 Å². The lowest BCUT2D eigenvalue weighted by Crippen LogP contribution is -2.63. The lowest BCUT2D eigenvalue weighted by molar-refractivity contribution is -0.191. The number of cyclic esters (lactones) is 2. The maximum atomic E-state index is 13.2. The molecule has 140 valence electrons. The van der Waals surface area contributed by atoms with Crippen molar-refractivity contribution in [2.24, 2.45) is 28.6 Å². The Hall–Kier alpha value is -1.82. The number of carbonyl (C=O) groups is 2. The van der Waals surface area contributed by atoms with Crippen molar-refractivity contribution in [1.29, 1.82) is 0 Å². The summed E-state index contributed by atoms with van der Waals surface area (Å²) in [6.45, 7) is 2.26. The van der Waals surface area contributed by atoms with Crippen molar-refractivity contribution in [2.45, 2.75) is 51.2 Å². The summed E-state index contributed by atoms with van der Waals surface area (Å²) in [6, 6.07) is 1.83. The largest absolute Gasteiger partial charge is 0.472 e. The Labute approximate surface area is 151 Å². The Bertz CT molecular complexity index is 741. The first-order chi connectivity index (χ1) is 12.5. The molecule has 1 unspecified atom stereocenters. The van der Waals surface area contributed by atoms with Gasteiger partial charge in [-0.15, -0.1) is 0 Å². The number of rotatable bonds is 1. The van der Waals surface area contributed by atoms with Gasteiger partial charge in [0.05, 0.1) is 30.0 Å². The van der Waals surface area contributed by atoms with Gasteiger partial charge in [0.2, 0.25) is 0 Å². The van der Waals surface area contributed by atoms with Gasteiger partial charge in [0, 0.05) is 17.4 Å². The molecule has 2 aliphatic carbocycles. The molecule has 4 fully saturated rings. The number of aliphatic hydroxyl groups is 1. The van der Waals surface area contributed by atoms with Crippen molar-refractivity contribution in [1.82, 2.24) is 0 Å². The van der Waals surface area contributed by atoms with E-state index in [2.05, 4.69) is 0 Å². The molecule has 2 saturated carbocycles. The number of hydrogen-bond donors (Lipinski definition) is 1. The topological polar surface area (TPSA) is 86.0 Å². The number of fused-ring (bicyclic) bond motifs is 1. The van der Waals surface area contributed by atoms with Gasteiger partial charge < -0.3 is 19.0 Å². The fraction of sp³-hybridized carbons (Fsp3) is 0.700. The second-order valence-corrected chi connectivity index (χ2v) is 8.60. The summed E-state index contributed by atoms with van der Waals surface area (Å²) in [5.74, 6) is -0.805. The highest BCUT2D eigenvalue weighted by Crippen LogP contribution is 2.68. The average Bonchev–Trinajstić information content (AvgIpc) is 3.33. The van der Waals surface area contributed by atoms with E-state index in [1.807, 2.05) is 13.0 Å². The summed E-state index contributed by atoms with van der Waals surface area (Å²) >= 11 is 0. The molecule has 0 aromatic carbocycles.